The fourth-order valence-corrected chi connectivity index (χ4v) is 2.16. The van der Waals surface area contributed by atoms with Gasteiger partial charge in [0.2, 0.25) is 0 Å². The van der Waals surface area contributed by atoms with Crippen molar-refractivity contribution < 1.29 is 9.18 Å². The van der Waals surface area contributed by atoms with E-state index < -0.39 is 11.7 Å². The van der Waals surface area contributed by atoms with Crippen LogP contribution < -0.4 is 5.32 Å². The summed E-state index contributed by atoms with van der Waals surface area (Å²) in [6.45, 7) is 0.487. The van der Waals surface area contributed by atoms with Crippen LogP contribution in [-0.2, 0) is 6.42 Å². The lowest BCUT2D eigenvalue weighted by atomic mass is 10.2. The number of aromatic nitrogens is 1. The molecule has 0 atom stereocenters. The number of aryl methyl sites for hydroxylation is 1. The molecule has 0 saturated carbocycles. The molecule has 104 valence electrons. The van der Waals surface area contributed by atoms with Crippen molar-refractivity contribution in [2.45, 2.75) is 12.8 Å². The molecule has 0 aliphatic rings. The van der Waals surface area contributed by atoms with Crippen molar-refractivity contribution >= 4 is 21.8 Å². The summed E-state index contributed by atoms with van der Waals surface area (Å²) in [6, 6.07) is 10.4. The highest BCUT2D eigenvalue weighted by Crippen LogP contribution is 2.18. The standard InChI is InChI=1S/C15H14BrFN2O/c16-13-8-3-7-12(14(13)17)15(20)19-10-4-6-11-5-1-2-9-18-11/h1-3,5,7-9H,4,6,10H2,(H,19,20). The number of carbonyl (C=O) groups is 1. The molecule has 1 N–H and O–H groups in total. The van der Waals surface area contributed by atoms with Gasteiger partial charge in [0.25, 0.3) is 5.91 Å². The molecule has 1 amide bonds. The first-order chi connectivity index (χ1) is 9.68. The number of benzene rings is 1. The van der Waals surface area contributed by atoms with Crippen LogP contribution in [0.2, 0.25) is 0 Å². The average molecular weight is 337 g/mol. The van der Waals surface area contributed by atoms with Crippen LogP contribution >= 0.6 is 15.9 Å². The maximum Gasteiger partial charge on any atom is 0.254 e. The van der Waals surface area contributed by atoms with Crippen LogP contribution in [0.3, 0.4) is 0 Å². The first-order valence-corrected chi connectivity index (χ1v) is 7.10. The zero-order chi connectivity index (χ0) is 14.4. The van der Waals surface area contributed by atoms with Gasteiger partial charge in [0.05, 0.1) is 10.0 Å². The van der Waals surface area contributed by atoms with Crippen LogP contribution in [0.4, 0.5) is 4.39 Å². The van der Waals surface area contributed by atoms with E-state index in [9.17, 15) is 9.18 Å². The van der Waals surface area contributed by atoms with E-state index in [4.69, 9.17) is 0 Å². The molecule has 0 spiro atoms. The largest absolute Gasteiger partial charge is 0.352 e. The van der Waals surface area contributed by atoms with E-state index in [-0.39, 0.29) is 5.56 Å². The van der Waals surface area contributed by atoms with E-state index in [0.717, 1.165) is 18.5 Å². The van der Waals surface area contributed by atoms with Crippen molar-refractivity contribution in [3.63, 3.8) is 0 Å². The second-order valence-corrected chi connectivity index (χ2v) is 5.14. The third-order valence-electron chi connectivity index (χ3n) is 2.82. The van der Waals surface area contributed by atoms with Gasteiger partial charge in [0.1, 0.15) is 5.82 Å². The Morgan fingerprint density at radius 1 is 1.25 bits per heavy atom. The molecule has 0 saturated heterocycles. The molecule has 2 rings (SSSR count). The van der Waals surface area contributed by atoms with Crippen LogP contribution in [0.5, 0.6) is 0 Å². The first-order valence-electron chi connectivity index (χ1n) is 6.30. The zero-order valence-corrected chi connectivity index (χ0v) is 12.4. The lowest BCUT2D eigenvalue weighted by molar-refractivity contribution is 0.0949. The summed E-state index contributed by atoms with van der Waals surface area (Å²) in [6.07, 6.45) is 3.28. The fraction of sp³-hybridized carbons (Fsp3) is 0.200. The van der Waals surface area contributed by atoms with Gasteiger partial charge in [-0.05, 0) is 53.0 Å². The number of rotatable bonds is 5. The van der Waals surface area contributed by atoms with Crippen LogP contribution in [0, 0.1) is 5.82 Å². The molecular formula is C15H14BrFN2O. The summed E-state index contributed by atoms with van der Waals surface area (Å²) in [5.41, 5.74) is 1.03. The Labute approximate surface area is 125 Å². The minimum absolute atomic E-state index is 0.0530. The van der Waals surface area contributed by atoms with Crippen molar-refractivity contribution in [3.05, 3.63) is 64.1 Å². The molecule has 1 aromatic carbocycles. The van der Waals surface area contributed by atoms with Gasteiger partial charge in [0.15, 0.2) is 0 Å². The quantitative estimate of drug-likeness (QED) is 0.851. The van der Waals surface area contributed by atoms with Crippen LogP contribution in [0.25, 0.3) is 0 Å². The lowest BCUT2D eigenvalue weighted by Gasteiger charge is -2.06. The molecule has 0 fully saturated rings. The van der Waals surface area contributed by atoms with E-state index in [2.05, 4.69) is 26.2 Å². The number of hydrogen-bond acceptors (Lipinski definition) is 2. The second kappa shape index (κ2) is 7.14. The van der Waals surface area contributed by atoms with E-state index in [0.29, 0.717) is 11.0 Å². The Morgan fingerprint density at radius 2 is 2.10 bits per heavy atom. The molecule has 5 heteroatoms. The van der Waals surface area contributed by atoms with Crippen LogP contribution in [-0.4, -0.2) is 17.4 Å². The fourth-order valence-electron chi connectivity index (χ4n) is 1.79. The van der Waals surface area contributed by atoms with Gasteiger partial charge in [0, 0.05) is 18.4 Å². The highest BCUT2D eigenvalue weighted by atomic mass is 79.9. The molecule has 20 heavy (non-hydrogen) atoms. The number of pyridine rings is 1. The van der Waals surface area contributed by atoms with Crippen molar-refractivity contribution in [2.75, 3.05) is 6.54 Å². The van der Waals surface area contributed by atoms with Gasteiger partial charge in [-0.3, -0.25) is 9.78 Å². The maximum absolute atomic E-state index is 13.7. The number of nitrogens with one attached hydrogen (secondary N) is 1. The third-order valence-corrected chi connectivity index (χ3v) is 3.43. The van der Waals surface area contributed by atoms with Crippen molar-refractivity contribution in [2.24, 2.45) is 0 Å². The highest BCUT2D eigenvalue weighted by molar-refractivity contribution is 9.10. The Hall–Kier alpha value is -1.75. The number of carbonyl (C=O) groups excluding carboxylic acids is 1. The minimum atomic E-state index is -0.533. The highest BCUT2D eigenvalue weighted by Gasteiger charge is 2.12. The summed E-state index contributed by atoms with van der Waals surface area (Å²) in [5.74, 6) is -0.931. The van der Waals surface area contributed by atoms with Gasteiger partial charge in [-0.25, -0.2) is 4.39 Å². The van der Waals surface area contributed by atoms with E-state index in [1.54, 1.807) is 18.3 Å². The number of hydrogen-bond donors (Lipinski definition) is 1. The average Bonchev–Trinajstić information content (AvgIpc) is 2.47. The third kappa shape index (κ3) is 3.87. The van der Waals surface area contributed by atoms with Gasteiger partial charge in [-0.1, -0.05) is 12.1 Å². The number of nitrogens with zero attached hydrogens (tertiary/aromatic N) is 1. The summed E-state index contributed by atoms with van der Waals surface area (Å²) >= 11 is 3.06. The molecule has 0 radical (unpaired) electrons. The topological polar surface area (TPSA) is 42.0 Å². The Morgan fingerprint density at radius 3 is 2.85 bits per heavy atom. The molecule has 1 aromatic heterocycles. The lowest BCUT2D eigenvalue weighted by Crippen LogP contribution is -2.25. The predicted molar refractivity (Wildman–Crippen MR) is 79.0 cm³/mol. The van der Waals surface area contributed by atoms with Gasteiger partial charge in [-0.15, -0.1) is 0 Å². The monoisotopic (exact) mass is 336 g/mol. The predicted octanol–water partition coefficient (Wildman–Crippen LogP) is 3.35. The molecular weight excluding hydrogens is 323 g/mol. The smallest absolute Gasteiger partial charge is 0.254 e. The molecule has 0 aliphatic heterocycles. The SMILES string of the molecule is O=C(NCCCc1ccccn1)c1cccc(Br)c1F. The van der Waals surface area contributed by atoms with Crippen molar-refractivity contribution in [1.82, 2.24) is 10.3 Å². The van der Waals surface area contributed by atoms with E-state index >= 15 is 0 Å². The molecule has 0 aliphatic carbocycles. The van der Waals surface area contributed by atoms with E-state index in [1.807, 2.05) is 18.2 Å². The normalized spacial score (nSPS) is 10.3. The molecule has 0 bridgehead atoms. The maximum atomic E-state index is 13.7. The van der Waals surface area contributed by atoms with Crippen molar-refractivity contribution in [3.8, 4) is 0 Å². The Kier molecular flexibility index (Phi) is 5.24. The summed E-state index contributed by atoms with van der Waals surface area (Å²) in [5, 5.41) is 2.71. The number of amides is 1. The number of halogens is 2. The molecule has 2 aromatic rings. The summed E-state index contributed by atoms with van der Waals surface area (Å²) in [4.78, 5) is 16.0. The molecule has 1 heterocycles. The van der Waals surface area contributed by atoms with E-state index in [1.165, 1.54) is 6.07 Å². The Bertz CT molecular complexity index is 590. The first kappa shape index (κ1) is 14.7. The van der Waals surface area contributed by atoms with Gasteiger partial charge < -0.3 is 5.32 Å². The van der Waals surface area contributed by atoms with Crippen LogP contribution in [0.15, 0.2) is 47.1 Å². The van der Waals surface area contributed by atoms with Crippen molar-refractivity contribution in [1.29, 1.82) is 0 Å². The summed E-state index contributed by atoms with van der Waals surface area (Å²) < 4.78 is 14.0. The van der Waals surface area contributed by atoms with Gasteiger partial charge in [-0.2, -0.15) is 0 Å². The molecule has 3 nitrogen and oxygen atoms in total. The zero-order valence-electron chi connectivity index (χ0n) is 10.8. The summed E-state index contributed by atoms with van der Waals surface area (Å²) in [7, 11) is 0. The Balaban J connectivity index is 1.82. The van der Waals surface area contributed by atoms with Gasteiger partial charge >= 0.3 is 0 Å². The molecule has 0 unspecified atom stereocenters. The van der Waals surface area contributed by atoms with Crippen LogP contribution in [0.1, 0.15) is 22.5 Å². The minimum Gasteiger partial charge on any atom is -0.352 e. The second-order valence-electron chi connectivity index (χ2n) is 4.28.